The van der Waals surface area contributed by atoms with Gasteiger partial charge in [-0.2, -0.15) is 0 Å². The molecule has 1 aliphatic carbocycles. The predicted molar refractivity (Wildman–Crippen MR) is 126 cm³/mol. The Morgan fingerprint density at radius 1 is 1.21 bits per heavy atom. The standard InChI is InChI=1S/C21H38N4O2.HI/c1-4-22-21(24-16-19-15-20(17(2)3)25-27-19)23-13-9-10-14-26-18-11-7-5-6-8-12-18;/h15,17-18H,4-14,16H2,1-3H3,(H2,22,23,24);1H. The van der Waals surface area contributed by atoms with Crippen molar-refractivity contribution in [2.75, 3.05) is 19.7 Å². The molecule has 0 unspecified atom stereocenters. The number of aliphatic imine (C=N–C) groups is 1. The molecule has 2 N–H and O–H groups in total. The van der Waals surface area contributed by atoms with Gasteiger partial charge in [0.25, 0.3) is 0 Å². The second kappa shape index (κ2) is 15.1. The summed E-state index contributed by atoms with van der Waals surface area (Å²) < 4.78 is 11.4. The summed E-state index contributed by atoms with van der Waals surface area (Å²) in [6.07, 6.45) is 10.6. The molecule has 1 saturated carbocycles. The molecule has 1 fully saturated rings. The highest BCUT2D eigenvalue weighted by atomic mass is 127. The van der Waals surface area contributed by atoms with Crippen LogP contribution in [0.15, 0.2) is 15.6 Å². The van der Waals surface area contributed by atoms with Crippen molar-refractivity contribution in [1.82, 2.24) is 15.8 Å². The van der Waals surface area contributed by atoms with Crippen LogP contribution in [-0.2, 0) is 11.3 Å². The first-order chi connectivity index (χ1) is 13.2. The zero-order chi connectivity index (χ0) is 19.3. The number of halogens is 1. The molecule has 0 atom stereocenters. The minimum Gasteiger partial charge on any atom is -0.378 e. The molecule has 1 aromatic heterocycles. The normalized spacial score (nSPS) is 15.9. The van der Waals surface area contributed by atoms with Crippen molar-refractivity contribution in [3.8, 4) is 0 Å². The second-order valence-electron chi connectivity index (χ2n) is 7.69. The highest BCUT2D eigenvalue weighted by Crippen LogP contribution is 2.20. The zero-order valence-electron chi connectivity index (χ0n) is 17.8. The Labute approximate surface area is 187 Å². The summed E-state index contributed by atoms with van der Waals surface area (Å²) in [7, 11) is 0. The fourth-order valence-corrected chi connectivity index (χ4v) is 3.27. The molecule has 1 aliphatic rings. The van der Waals surface area contributed by atoms with Crippen molar-refractivity contribution < 1.29 is 9.26 Å². The number of hydrogen-bond acceptors (Lipinski definition) is 4. The second-order valence-corrected chi connectivity index (χ2v) is 7.69. The van der Waals surface area contributed by atoms with Gasteiger partial charge in [-0.1, -0.05) is 44.7 Å². The fourth-order valence-electron chi connectivity index (χ4n) is 3.27. The van der Waals surface area contributed by atoms with Gasteiger partial charge in [0.05, 0.1) is 11.8 Å². The molecular formula is C21H39IN4O2. The Bertz CT molecular complexity index is 540. The average molecular weight is 506 g/mol. The van der Waals surface area contributed by atoms with Crippen molar-refractivity contribution in [2.24, 2.45) is 4.99 Å². The molecule has 162 valence electrons. The molecule has 0 saturated heterocycles. The predicted octanol–water partition coefficient (Wildman–Crippen LogP) is 4.99. The van der Waals surface area contributed by atoms with Crippen molar-refractivity contribution in [1.29, 1.82) is 0 Å². The van der Waals surface area contributed by atoms with Gasteiger partial charge in [0, 0.05) is 25.8 Å². The summed E-state index contributed by atoms with van der Waals surface area (Å²) in [6.45, 7) is 9.39. The van der Waals surface area contributed by atoms with Crippen LogP contribution in [0.2, 0.25) is 0 Å². The van der Waals surface area contributed by atoms with Gasteiger partial charge in [-0.05, 0) is 38.5 Å². The third kappa shape index (κ3) is 10.1. The van der Waals surface area contributed by atoms with E-state index in [4.69, 9.17) is 9.26 Å². The van der Waals surface area contributed by atoms with Gasteiger partial charge in [0.15, 0.2) is 11.7 Å². The first-order valence-corrected chi connectivity index (χ1v) is 10.8. The van der Waals surface area contributed by atoms with Gasteiger partial charge in [0.1, 0.15) is 6.54 Å². The first kappa shape index (κ1) is 25.2. The molecule has 7 heteroatoms. The number of unbranched alkanes of at least 4 members (excludes halogenated alkanes) is 1. The maximum absolute atomic E-state index is 6.05. The van der Waals surface area contributed by atoms with Gasteiger partial charge >= 0.3 is 0 Å². The van der Waals surface area contributed by atoms with Gasteiger partial charge in [0.2, 0.25) is 0 Å². The molecule has 0 bridgehead atoms. The average Bonchev–Trinajstić information content (AvgIpc) is 2.99. The minimum absolute atomic E-state index is 0. The highest BCUT2D eigenvalue weighted by Gasteiger charge is 2.12. The van der Waals surface area contributed by atoms with Gasteiger partial charge in [-0.3, -0.25) is 0 Å². The summed E-state index contributed by atoms with van der Waals surface area (Å²) in [5, 5.41) is 10.7. The van der Waals surface area contributed by atoms with E-state index in [1.54, 1.807) is 0 Å². The molecule has 2 rings (SSSR count). The van der Waals surface area contributed by atoms with Crippen LogP contribution in [0.5, 0.6) is 0 Å². The number of ether oxygens (including phenoxy) is 1. The van der Waals surface area contributed by atoms with Crippen LogP contribution in [0.4, 0.5) is 0 Å². The first-order valence-electron chi connectivity index (χ1n) is 10.8. The number of hydrogen-bond donors (Lipinski definition) is 2. The smallest absolute Gasteiger partial charge is 0.191 e. The Balaban J connectivity index is 0.00000392. The molecule has 0 amide bonds. The largest absolute Gasteiger partial charge is 0.378 e. The maximum Gasteiger partial charge on any atom is 0.191 e. The highest BCUT2D eigenvalue weighted by molar-refractivity contribution is 14.0. The lowest BCUT2D eigenvalue weighted by Gasteiger charge is -2.15. The van der Waals surface area contributed by atoms with E-state index in [0.717, 1.165) is 50.0 Å². The van der Waals surface area contributed by atoms with E-state index in [2.05, 4.69) is 41.6 Å². The van der Waals surface area contributed by atoms with E-state index in [1.165, 1.54) is 38.5 Å². The van der Waals surface area contributed by atoms with Crippen LogP contribution in [0.3, 0.4) is 0 Å². The quantitative estimate of drug-likeness (QED) is 0.154. The summed E-state index contributed by atoms with van der Waals surface area (Å²) >= 11 is 0. The fraction of sp³-hybridized carbons (Fsp3) is 0.810. The van der Waals surface area contributed by atoms with Crippen molar-refractivity contribution in [3.05, 3.63) is 17.5 Å². The Morgan fingerprint density at radius 3 is 2.61 bits per heavy atom. The molecule has 1 heterocycles. The van der Waals surface area contributed by atoms with E-state index >= 15 is 0 Å². The topological polar surface area (TPSA) is 71.7 Å². The van der Waals surface area contributed by atoms with Crippen molar-refractivity contribution in [3.63, 3.8) is 0 Å². The molecule has 6 nitrogen and oxygen atoms in total. The number of rotatable bonds is 10. The third-order valence-electron chi connectivity index (χ3n) is 4.93. The van der Waals surface area contributed by atoms with Gasteiger partial charge in [-0.15, -0.1) is 24.0 Å². The van der Waals surface area contributed by atoms with E-state index in [1.807, 2.05) is 6.07 Å². The number of nitrogens with zero attached hydrogens (tertiary/aromatic N) is 2. The lowest BCUT2D eigenvalue weighted by atomic mass is 10.1. The minimum atomic E-state index is 0. The Hall–Kier alpha value is -0.830. The van der Waals surface area contributed by atoms with E-state index in [0.29, 0.717) is 18.6 Å². The van der Waals surface area contributed by atoms with E-state index in [-0.39, 0.29) is 24.0 Å². The maximum atomic E-state index is 6.05. The number of aromatic nitrogens is 1. The summed E-state index contributed by atoms with van der Waals surface area (Å²) in [6, 6.07) is 1.99. The lowest BCUT2D eigenvalue weighted by molar-refractivity contribution is 0.0411. The lowest BCUT2D eigenvalue weighted by Crippen LogP contribution is -2.37. The molecule has 0 radical (unpaired) electrons. The number of guanidine groups is 1. The number of nitrogens with one attached hydrogen (secondary N) is 2. The molecule has 0 aliphatic heterocycles. The zero-order valence-corrected chi connectivity index (χ0v) is 20.2. The van der Waals surface area contributed by atoms with E-state index < -0.39 is 0 Å². The summed E-state index contributed by atoms with van der Waals surface area (Å²) in [5.74, 6) is 2.00. The van der Waals surface area contributed by atoms with Crippen molar-refractivity contribution >= 4 is 29.9 Å². The SMILES string of the molecule is CCNC(=NCc1cc(C(C)C)no1)NCCCCOC1CCCCCC1.I. The monoisotopic (exact) mass is 506 g/mol. The van der Waals surface area contributed by atoms with Crippen molar-refractivity contribution in [2.45, 2.75) is 90.7 Å². The summed E-state index contributed by atoms with van der Waals surface area (Å²) in [4.78, 5) is 4.59. The third-order valence-corrected chi connectivity index (χ3v) is 4.93. The molecule has 28 heavy (non-hydrogen) atoms. The summed E-state index contributed by atoms with van der Waals surface area (Å²) in [5.41, 5.74) is 0.979. The van der Waals surface area contributed by atoms with Crippen LogP contribution < -0.4 is 10.6 Å². The van der Waals surface area contributed by atoms with Crippen LogP contribution in [0.25, 0.3) is 0 Å². The van der Waals surface area contributed by atoms with Gasteiger partial charge < -0.3 is 19.9 Å². The van der Waals surface area contributed by atoms with E-state index in [9.17, 15) is 0 Å². The Morgan fingerprint density at radius 2 is 1.96 bits per heavy atom. The van der Waals surface area contributed by atoms with Gasteiger partial charge in [-0.25, -0.2) is 4.99 Å². The molecule has 0 spiro atoms. The van der Waals surface area contributed by atoms with Crippen LogP contribution in [0.1, 0.15) is 89.5 Å². The Kier molecular flexibility index (Phi) is 13.6. The van der Waals surface area contributed by atoms with Crippen LogP contribution in [0, 0.1) is 0 Å². The molecule has 0 aromatic carbocycles. The molecule has 1 aromatic rings. The van der Waals surface area contributed by atoms with Crippen LogP contribution in [-0.4, -0.2) is 36.9 Å². The molecular weight excluding hydrogens is 467 g/mol. The van der Waals surface area contributed by atoms with Crippen LogP contribution >= 0.6 is 24.0 Å².